The number of unbranched alkanes of at least 4 members (excludes halogenated alkanes) is 31. The van der Waals surface area contributed by atoms with Gasteiger partial charge in [0.2, 0.25) is 0 Å². The maximum absolute atomic E-state index is 2.49. The monoisotopic (exact) mass is 659 g/mol. The molecule has 0 fully saturated rings. The fourth-order valence-corrected chi connectivity index (χ4v) is 8.02. The van der Waals surface area contributed by atoms with Gasteiger partial charge in [0, 0.05) is 0 Å². The Kier molecular flexibility index (Phi) is 39.9. The number of allylic oxidation sites excluding steroid dienone is 2. The van der Waals surface area contributed by atoms with E-state index in [2.05, 4.69) is 39.8 Å². The summed E-state index contributed by atoms with van der Waals surface area (Å²) in [7, 11) is 0. The molecule has 1 unspecified atom stereocenters. The van der Waals surface area contributed by atoms with Crippen molar-refractivity contribution in [2.75, 3.05) is 0 Å². The van der Waals surface area contributed by atoms with Crippen LogP contribution in [0.4, 0.5) is 0 Å². The van der Waals surface area contributed by atoms with Crippen molar-refractivity contribution in [1.82, 2.24) is 0 Å². The lowest BCUT2D eigenvalue weighted by molar-refractivity contribution is 0.173. The topological polar surface area (TPSA) is 0 Å². The van der Waals surface area contributed by atoms with Gasteiger partial charge in [-0.05, 0) is 56.8 Å². The molecule has 0 nitrogen and oxygen atoms in total. The Morgan fingerprint density at radius 1 is 0.234 bits per heavy atom. The van der Waals surface area contributed by atoms with Gasteiger partial charge >= 0.3 is 0 Å². The molecule has 0 bridgehead atoms. The van der Waals surface area contributed by atoms with Gasteiger partial charge in [-0.1, -0.05) is 245 Å². The molecule has 0 heterocycles. The van der Waals surface area contributed by atoms with Gasteiger partial charge in [-0.15, -0.1) is 0 Å². The molecule has 0 heteroatoms. The minimum atomic E-state index is 0.662. The Morgan fingerprint density at radius 3 is 0.723 bits per heavy atom. The minimum Gasteiger partial charge on any atom is -0.0885 e. The predicted octanol–water partition coefficient (Wildman–Crippen LogP) is 18.2. The van der Waals surface area contributed by atoms with Crippen molar-refractivity contribution in [3.05, 3.63) is 12.2 Å². The Morgan fingerprint density at radius 2 is 0.447 bits per heavy atom. The zero-order chi connectivity index (χ0) is 34.2. The van der Waals surface area contributed by atoms with E-state index in [0.717, 1.165) is 0 Å². The van der Waals surface area contributed by atoms with Crippen LogP contribution in [0.15, 0.2) is 12.2 Å². The molecule has 282 valence electrons. The quantitative estimate of drug-likeness (QED) is 0.0453. The lowest BCUT2D eigenvalue weighted by Gasteiger charge is -2.35. The summed E-state index contributed by atoms with van der Waals surface area (Å²) in [5.41, 5.74) is 0.662. The molecule has 47 heavy (non-hydrogen) atoms. The molecule has 1 atom stereocenters. The van der Waals surface area contributed by atoms with Crippen LogP contribution < -0.4 is 0 Å². The highest BCUT2D eigenvalue weighted by molar-refractivity contribution is 4.82. The van der Waals surface area contributed by atoms with Gasteiger partial charge in [0.1, 0.15) is 0 Å². The first-order valence-corrected chi connectivity index (χ1v) is 22.9. The molecule has 0 saturated carbocycles. The number of hydrogen-bond acceptors (Lipinski definition) is 0. The molecule has 0 rings (SSSR count). The van der Waals surface area contributed by atoms with Gasteiger partial charge in [0.15, 0.2) is 0 Å². The summed E-state index contributed by atoms with van der Waals surface area (Å²) in [6.45, 7) is 9.39. The van der Waals surface area contributed by atoms with E-state index in [1.807, 2.05) is 0 Å². The number of hydrogen-bond donors (Lipinski definition) is 0. The molecule has 0 amide bonds. The van der Waals surface area contributed by atoms with Crippen LogP contribution in [-0.4, -0.2) is 0 Å². The zero-order valence-electron chi connectivity index (χ0n) is 33.9. The van der Waals surface area contributed by atoms with Crippen LogP contribution in [0.25, 0.3) is 0 Å². The van der Waals surface area contributed by atoms with Crippen LogP contribution in [0.1, 0.15) is 285 Å². The molecular weight excluding hydrogens is 565 g/mol. The van der Waals surface area contributed by atoms with E-state index in [9.17, 15) is 0 Å². The highest BCUT2D eigenvalue weighted by Gasteiger charge is 2.28. The molecule has 0 radical (unpaired) electrons. The van der Waals surface area contributed by atoms with Crippen molar-refractivity contribution in [3.8, 4) is 0 Å². The van der Waals surface area contributed by atoms with E-state index in [1.54, 1.807) is 0 Å². The van der Waals surface area contributed by atoms with Gasteiger partial charge < -0.3 is 0 Å². The van der Waals surface area contributed by atoms with E-state index in [1.165, 1.54) is 257 Å². The molecule has 0 aliphatic heterocycles. The van der Waals surface area contributed by atoms with Crippen LogP contribution in [0.2, 0.25) is 0 Å². The zero-order valence-corrected chi connectivity index (χ0v) is 33.9. The molecule has 0 aliphatic carbocycles. The standard InChI is InChI=1S/C47H94/c1-5-9-13-16-19-22-24-26-27-28-30-33-36-39-42-46-47(43-12-8-4,44-40-37-34-31-21-18-15-11-7-3)45-41-38-35-32-29-25-23-20-17-14-10-6-2/h26-27H,5-25,28-46H2,1-4H3/b27-26-. The Bertz CT molecular complexity index is 575. The smallest absolute Gasteiger partial charge is 0.0297 e. The second-order valence-electron chi connectivity index (χ2n) is 16.2. The van der Waals surface area contributed by atoms with Crippen molar-refractivity contribution < 1.29 is 0 Å². The fraction of sp³-hybridized carbons (Fsp3) is 0.957. The van der Waals surface area contributed by atoms with E-state index in [0.29, 0.717) is 5.41 Å². The van der Waals surface area contributed by atoms with Crippen molar-refractivity contribution in [2.45, 2.75) is 285 Å². The van der Waals surface area contributed by atoms with Crippen LogP contribution in [-0.2, 0) is 0 Å². The first-order chi connectivity index (χ1) is 23.2. The summed E-state index contributed by atoms with van der Waals surface area (Å²) in [4.78, 5) is 0. The number of rotatable bonds is 41. The van der Waals surface area contributed by atoms with Crippen LogP contribution in [0.3, 0.4) is 0 Å². The molecular formula is C47H94. The van der Waals surface area contributed by atoms with E-state index < -0.39 is 0 Å². The summed E-state index contributed by atoms with van der Waals surface area (Å²) in [6, 6.07) is 0. The lowest BCUT2D eigenvalue weighted by Crippen LogP contribution is -2.21. The second kappa shape index (κ2) is 40.2. The predicted molar refractivity (Wildman–Crippen MR) is 219 cm³/mol. The SMILES string of the molecule is CCCCCCCC/C=C\CCCCCCCC(CCCC)(CCCCCCCCCCC)CCCCCCCCCCCCCC. The maximum Gasteiger partial charge on any atom is -0.0297 e. The molecule has 0 spiro atoms. The van der Waals surface area contributed by atoms with Gasteiger partial charge in [-0.25, -0.2) is 0 Å². The van der Waals surface area contributed by atoms with Crippen molar-refractivity contribution in [1.29, 1.82) is 0 Å². The molecule has 0 aliphatic rings. The van der Waals surface area contributed by atoms with Gasteiger partial charge in [0.05, 0.1) is 0 Å². The molecule has 0 aromatic heterocycles. The summed E-state index contributed by atoms with van der Waals surface area (Å²) < 4.78 is 0. The van der Waals surface area contributed by atoms with Crippen molar-refractivity contribution in [2.24, 2.45) is 5.41 Å². The molecule has 0 N–H and O–H groups in total. The maximum atomic E-state index is 2.49. The third-order valence-corrected chi connectivity index (χ3v) is 11.4. The first-order valence-electron chi connectivity index (χ1n) is 22.9. The van der Waals surface area contributed by atoms with Gasteiger partial charge in [0.25, 0.3) is 0 Å². The van der Waals surface area contributed by atoms with Crippen molar-refractivity contribution in [3.63, 3.8) is 0 Å². The van der Waals surface area contributed by atoms with Crippen LogP contribution >= 0.6 is 0 Å². The molecule has 0 saturated heterocycles. The summed E-state index contributed by atoms with van der Waals surface area (Å²) in [5, 5.41) is 0. The van der Waals surface area contributed by atoms with E-state index >= 15 is 0 Å². The lowest BCUT2D eigenvalue weighted by atomic mass is 9.70. The van der Waals surface area contributed by atoms with Gasteiger partial charge in [-0.2, -0.15) is 0 Å². The Balaban J connectivity index is 4.44. The fourth-order valence-electron chi connectivity index (χ4n) is 8.02. The first kappa shape index (κ1) is 46.7. The largest absolute Gasteiger partial charge is 0.0885 e. The summed E-state index contributed by atoms with van der Waals surface area (Å²) in [5.74, 6) is 0. The third kappa shape index (κ3) is 35.4. The van der Waals surface area contributed by atoms with Crippen molar-refractivity contribution >= 4 is 0 Å². The Hall–Kier alpha value is -0.260. The minimum absolute atomic E-state index is 0.662. The highest BCUT2D eigenvalue weighted by Crippen LogP contribution is 2.42. The van der Waals surface area contributed by atoms with E-state index in [4.69, 9.17) is 0 Å². The summed E-state index contributed by atoms with van der Waals surface area (Å²) >= 11 is 0. The Labute approximate surface area is 301 Å². The average Bonchev–Trinajstić information content (AvgIpc) is 3.08. The van der Waals surface area contributed by atoms with Crippen LogP contribution in [0, 0.1) is 5.41 Å². The third-order valence-electron chi connectivity index (χ3n) is 11.4. The second-order valence-corrected chi connectivity index (χ2v) is 16.2. The van der Waals surface area contributed by atoms with Gasteiger partial charge in [-0.3, -0.25) is 0 Å². The molecule has 0 aromatic rings. The average molecular weight is 659 g/mol. The summed E-state index contributed by atoms with van der Waals surface area (Å²) in [6.07, 6.45) is 63.2. The van der Waals surface area contributed by atoms with Crippen LogP contribution in [0.5, 0.6) is 0 Å². The van der Waals surface area contributed by atoms with E-state index in [-0.39, 0.29) is 0 Å². The normalized spacial score (nSPS) is 13.2. The molecule has 0 aromatic carbocycles. The highest BCUT2D eigenvalue weighted by atomic mass is 14.3.